The Morgan fingerprint density at radius 3 is 2.77 bits per heavy atom. The zero-order valence-corrected chi connectivity index (χ0v) is 13.5. The maximum atomic E-state index is 11.8. The molecule has 0 aromatic heterocycles. The van der Waals surface area contributed by atoms with E-state index in [0.29, 0.717) is 37.9 Å². The zero-order chi connectivity index (χ0) is 16.3. The van der Waals surface area contributed by atoms with Gasteiger partial charge < -0.3 is 9.64 Å². The molecule has 1 atom stereocenters. The molecule has 7 nitrogen and oxygen atoms in total. The Hall–Kier alpha value is -1.67. The molecule has 2 rings (SSSR count). The lowest BCUT2D eigenvalue weighted by Gasteiger charge is -2.19. The smallest absolute Gasteiger partial charge is 0.311 e. The molecule has 1 saturated heterocycles. The Bertz CT molecular complexity index is 659. The van der Waals surface area contributed by atoms with Gasteiger partial charge in [-0.05, 0) is 25.5 Å². The van der Waals surface area contributed by atoms with E-state index < -0.39 is 14.8 Å². The average molecular weight is 328 g/mol. The lowest BCUT2D eigenvalue weighted by atomic mass is 10.1. The van der Waals surface area contributed by atoms with Crippen LogP contribution >= 0.6 is 0 Å². The third-order valence-electron chi connectivity index (χ3n) is 3.74. The SMILES string of the molecule is CCOCC1CCN(c2cccc(S(C)(=O)=O)c2[N+](=O)[O-])C1. The average Bonchev–Trinajstić information content (AvgIpc) is 2.92. The van der Waals surface area contributed by atoms with Gasteiger partial charge in [-0.2, -0.15) is 0 Å². The summed E-state index contributed by atoms with van der Waals surface area (Å²) in [6, 6.07) is 4.44. The van der Waals surface area contributed by atoms with Gasteiger partial charge in [0.15, 0.2) is 9.84 Å². The molecule has 0 amide bonds. The highest BCUT2D eigenvalue weighted by Gasteiger charge is 2.32. The van der Waals surface area contributed by atoms with Crippen LogP contribution in [0.4, 0.5) is 11.4 Å². The van der Waals surface area contributed by atoms with E-state index in [1.165, 1.54) is 6.07 Å². The number of nitro groups is 1. The number of nitro benzene ring substituents is 1. The summed E-state index contributed by atoms with van der Waals surface area (Å²) >= 11 is 0. The second-order valence-electron chi connectivity index (χ2n) is 5.41. The van der Waals surface area contributed by atoms with Crippen molar-refractivity contribution in [3.63, 3.8) is 0 Å². The van der Waals surface area contributed by atoms with Crippen LogP contribution in [0.2, 0.25) is 0 Å². The van der Waals surface area contributed by atoms with Crippen LogP contribution in [0.15, 0.2) is 23.1 Å². The first-order valence-electron chi connectivity index (χ1n) is 7.14. The predicted molar refractivity (Wildman–Crippen MR) is 83.0 cm³/mol. The number of rotatable bonds is 6. The molecule has 1 unspecified atom stereocenters. The molecule has 0 bridgehead atoms. The molecule has 1 aliphatic heterocycles. The minimum atomic E-state index is -3.65. The van der Waals surface area contributed by atoms with Crippen LogP contribution in [0, 0.1) is 16.0 Å². The van der Waals surface area contributed by atoms with E-state index >= 15 is 0 Å². The van der Waals surface area contributed by atoms with Gasteiger partial charge >= 0.3 is 5.69 Å². The normalized spacial score (nSPS) is 18.6. The monoisotopic (exact) mass is 328 g/mol. The van der Waals surface area contributed by atoms with Crippen molar-refractivity contribution in [2.45, 2.75) is 18.2 Å². The summed E-state index contributed by atoms with van der Waals surface area (Å²) in [5, 5.41) is 11.4. The summed E-state index contributed by atoms with van der Waals surface area (Å²) in [5.41, 5.74) is 0.0361. The van der Waals surface area contributed by atoms with E-state index in [1.807, 2.05) is 11.8 Å². The van der Waals surface area contributed by atoms with Crippen LogP contribution in [0.3, 0.4) is 0 Å². The molecule has 1 heterocycles. The molecule has 0 saturated carbocycles. The number of anilines is 1. The fourth-order valence-electron chi connectivity index (χ4n) is 2.72. The Morgan fingerprint density at radius 1 is 1.45 bits per heavy atom. The highest BCUT2D eigenvalue weighted by Crippen LogP contribution is 2.37. The molecule has 22 heavy (non-hydrogen) atoms. The molecule has 1 aromatic rings. The van der Waals surface area contributed by atoms with Crippen molar-refractivity contribution in [1.82, 2.24) is 0 Å². The summed E-state index contributed by atoms with van der Waals surface area (Å²) < 4.78 is 29.0. The van der Waals surface area contributed by atoms with Crippen molar-refractivity contribution in [2.75, 3.05) is 37.5 Å². The number of para-hydroxylation sites is 1. The molecule has 1 aliphatic rings. The highest BCUT2D eigenvalue weighted by atomic mass is 32.2. The first-order valence-corrected chi connectivity index (χ1v) is 9.04. The number of nitrogens with zero attached hydrogens (tertiary/aromatic N) is 2. The van der Waals surface area contributed by atoms with Crippen LogP contribution < -0.4 is 4.90 Å². The highest BCUT2D eigenvalue weighted by molar-refractivity contribution is 7.90. The number of hydrogen-bond donors (Lipinski definition) is 0. The zero-order valence-electron chi connectivity index (χ0n) is 12.7. The summed E-state index contributed by atoms with van der Waals surface area (Å²) in [6.07, 6.45) is 1.86. The van der Waals surface area contributed by atoms with Gasteiger partial charge in [-0.3, -0.25) is 10.1 Å². The number of benzene rings is 1. The van der Waals surface area contributed by atoms with Gasteiger partial charge in [0.05, 0.1) is 11.5 Å². The van der Waals surface area contributed by atoms with E-state index in [1.54, 1.807) is 12.1 Å². The number of sulfone groups is 1. The van der Waals surface area contributed by atoms with Gasteiger partial charge in [0.1, 0.15) is 10.6 Å². The molecule has 1 aromatic carbocycles. The van der Waals surface area contributed by atoms with Crippen molar-refractivity contribution in [1.29, 1.82) is 0 Å². The first kappa shape index (κ1) is 16.7. The molecule has 0 N–H and O–H groups in total. The second-order valence-corrected chi connectivity index (χ2v) is 7.40. The first-order chi connectivity index (χ1) is 10.3. The van der Waals surface area contributed by atoms with Gasteiger partial charge in [0, 0.05) is 31.9 Å². The quantitative estimate of drug-likeness (QED) is 0.585. The lowest BCUT2D eigenvalue weighted by Crippen LogP contribution is -2.22. The van der Waals surface area contributed by atoms with Crippen molar-refractivity contribution in [2.24, 2.45) is 5.92 Å². The van der Waals surface area contributed by atoms with Crippen LogP contribution in [-0.4, -0.2) is 45.9 Å². The Labute approximate surface area is 129 Å². The predicted octanol–water partition coefficient (Wildman–Crippen LogP) is 1.86. The van der Waals surface area contributed by atoms with Gasteiger partial charge in [-0.1, -0.05) is 6.07 Å². The fraction of sp³-hybridized carbons (Fsp3) is 0.571. The summed E-state index contributed by atoms with van der Waals surface area (Å²) in [7, 11) is -3.65. The number of ether oxygens (including phenoxy) is 1. The summed E-state index contributed by atoms with van der Waals surface area (Å²) in [5.74, 6) is 0.307. The maximum absolute atomic E-state index is 11.8. The summed E-state index contributed by atoms with van der Waals surface area (Å²) in [4.78, 5) is 12.4. The molecule has 0 aliphatic carbocycles. The van der Waals surface area contributed by atoms with E-state index in [2.05, 4.69) is 0 Å². The van der Waals surface area contributed by atoms with Crippen molar-refractivity contribution < 1.29 is 18.1 Å². The third-order valence-corrected chi connectivity index (χ3v) is 4.87. The van der Waals surface area contributed by atoms with Gasteiger partial charge in [-0.15, -0.1) is 0 Å². The van der Waals surface area contributed by atoms with Crippen LogP contribution in [-0.2, 0) is 14.6 Å². The van der Waals surface area contributed by atoms with E-state index in [0.717, 1.165) is 12.7 Å². The van der Waals surface area contributed by atoms with Crippen LogP contribution in [0.1, 0.15) is 13.3 Å². The van der Waals surface area contributed by atoms with E-state index in [-0.39, 0.29) is 10.6 Å². The van der Waals surface area contributed by atoms with Crippen molar-refractivity contribution >= 4 is 21.2 Å². The minimum absolute atomic E-state index is 0.233. The molecule has 0 radical (unpaired) electrons. The van der Waals surface area contributed by atoms with E-state index in [9.17, 15) is 18.5 Å². The lowest BCUT2D eigenvalue weighted by molar-refractivity contribution is -0.387. The third kappa shape index (κ3) is 3.56. The van der Waals surface area contributed by atoms with Crippen LogP contribution in [0.25, 0.3) is 0 Å². The van der Waals surface area contributed by atoms with Gasteiger partial charge in [-0.25, -0.2) is 8.42 Å². The van der Waals surface area contributed by atoms with Crippen molar-refractivity contribution in [3.05, 3.63) is 28.3 Å². The minimum Gasteiger partial charge on any atom is -0.381 e. The maximum Gasteiger partial charge on any atom is 0.311 e. The fourth-order valence-corrected chi connectivity index (χ4v) is 3.58. The molecular weight excluding hydrogens is 308 g/mol. The van der Waals surface area contributed by atoms with Gasteiger partial charge in [0.25, 0.3) is 0 Å². The van der Waals surface area contributed by atoms with Crippen LogP contribution in [0.5, 0.6) is 0 Å². The topological polar surface area (TPSA) is 89.8 Å². The Kier molecular flexibility index (Phi) is 5.02. The molecule has 1 fully saturated rings. The molecule has 0 spiro atoms. The van der Waals surface area contributed by atoms with Gasteiger partial charge in [0.2, 0.25) is 0 Å². The summed E-state index contributed by atoms with van der Waals surface area (Å²) in [6.45, 7) is 4.47. The molecular formula is C14H20N2O5S. The van der Waals surface area contributed by atoms with Crippen molar-refractivity contribution in [3.8, 4) is 0 Å². The standard InChI is InChI=1S/C14H20N2O5S/c1-3-21-10-11-7-8-15(9-11)12-5-4-6-13(22(2,19)20)14(12)16(17)18/h4-6,11H,3,7-10H2,1-2H3. The Morgan fingerprint density at radius 2 is 2.18 bits per heavy atom. The molecule has 8 heteroatoms. The number of hydrogen-bond acceptors (Lipinski definition) is 6. The second kappa shape index (κ2) is 6.62. The Balaban J connectivity index is 2.34. The van der Waals surface area contributed by atoms with E-state index in [4.69, 9.17) is 4.74 Å². The largest absolute Gasteiger partial charge is 0.381 e. The molecule has 122 valence electrons.